The fourth-order valence-corrected chi connectivity index (χ4v) is 3.12. The summed E-state index contributed by atoms with van der Waals surface area (Å²) >= 11 is 7.43. The van der Waals surface area contributed by atoms with Crippen LogP contribution >= 0.6 is 23.4 Å². The second-order valence-electron chi connectivity index (χ2n) is 5.22. The Morgan fingerprint density at radius 3 is 2.62 bits per heavy atom. The number of hydrogen-bond acceptors (Lipinski definition) is 6. The molecule has 2 aromatic carbocycles. The van der Waals surface area contributed by atoms with Crippen LogP contribution in [0.25, 0.3) is 22.8 Å². The number of halogens is 2. The molecule has 0 radical (unpaired) electrons. The quantitative estimate of drug-likeness (QED) is 0.504. The summed E-state index contributed by atoms with van der Waals surface area (Å²) in [4.78, 5) is 4.28. The van der Waals surface area contributed by atoms with Crippen molar-refractivity contribution in [3.05, 3.63) is 65.3 Å². The molecule has 130 valence electrons. The molecule has 0 spiro atoms. The monoisotopic (exact) mass is 387 g/mol. The second-order valence-corrected chi connectivity index (χ2v) is 6.57. The van der Waals surface area contributed by atoms with Crippen LogP contribution in [0.3, 0.4) is 0 Å². The number of hydrogen-bond donors (Lipinski definition) is 1. The molecule has 0 atom stereocenters. The van der Waals surface area contributed by atoms with Crippen molar-refractivity contribution in [1.29, 1.82) is 0 Å². The summed E-state index contributed by atoms with van der Waals surface area (Å²) in [5, 5.41) is 15.8. The Morgan fingerprint density at radius 2 is 1.81 bits per heavy atom. The van der Waals surface area contributed by atoms with E-state index in [9.17, 15) is 4.39 Å². The molecule has 4 rings (SSSR count). The molecule has 1 N–H and O–H groups in total. The molecule has 6 nitrogen and oxygen atoms in total. The third kappa shape index (κ3) is 3.47. The van der Waals surface area contributed by atoms with Gasteiger partial charge in [0.15, 0.2) is 5.82 Å². The van der Waals surface area contributed by atoms with Crippen LogP contribution in [0.1, 0.15) is 5.89 Å². The van der Waals surface area contributed by atoms with Gasteiger partial charge in [-0.2, -0.15) is 0 Å². The maximum Gasteiger partial charge on any atom is 0.249 e. The predicted octanol–water partition coefficient (Wildman–Crippen LogP) is 4.61. The first-order valence-electron chi connectivity index (χ1n) is 7.58. The molecule has 0 unspecified atom stereocenters. The van der Waals surface area contributed by atoms with Crippen molar-refractivity contribution in [2.75, 3.05) is 0 Å². The number of aromatic nitrogens is 5. The summed E-state index contributed by atoms with van der Waals surface area (Å²) < 4.78 is 19.4. The van der Waals surface area contributed by atoms with E-state index >= 15 is 0 Å². The summed E-state index contributed by atoms with van der Waals surface area (Å²) in [7, 11) is 0. The van der Waals surface area contributed by atoms with E-state index in [4.69, 9.17) is 16.0 Å². The summed E-state index contributed by atoms with van der Waals surface area (Å²) in [6, 6.07) is 13.6. The zero-order valence-corrected chi connectivity index (χ0v) is 14.8. The van der Waals surface area contributed by atoms with Gasteiger partial charge in [0.1, 0.15) is 5.82 Å². The summed E-state index contributed by atoms with van der Waals surface area (Å²) in [6.45, 7) is 0. The van der Waals surface area contributed by atoms with Crippen LogP contribution in [0, 0.1) is 5.82 Å². The third-order valence-electron chi connectivity index (χ3n) is 3.49. The third-order valence-corrected chi connectivity index (χ3v) is 4.65. The van der Waals surface area contributed by atoms with Crippen molar-refractivity contribution >= 4 is 23.4 Å². The number of H-pyrrole nitrogens is 1. The first-order chi connectivity index (χ1) is 12.7. The van der Waals surface area contributed by atoms with Gasteiger partial charge in [0.05, 0.1) is 21.9 Å². The molecule has 0 aliphatic rings. The second kappa shape index (κ2) is 7.27. The van der Waals surface area contributed by atoms with Gasteiger partial charge in [0.25, 0.3) is 0 Å². The van der Waals surface area contributed by atoms with Crippen molar-refractivity contribution in [3.63, 3.8) is 0 Å². The molecule has 0 saturated carbocycles. The van der Waals surface area contributed by atoms with Crippen molar-refractivity contribution in [2.45, 2.75) is 10.9 Å². The highest BCUT2D eigenvalue weighted by molar-refractivity contribution is 7.98. The Morgan fingerprint density at radius 1 is 1.04 bits per heavy atom. The minimum Gasteiger partial charge on any atom is -0.420 e. The number of rotatable bonds is 5. The summed E-state index contributed by atoms with van der Waals surface area (Å²) in [5.74, 6) is 1.16. The van der Waals surface area contributed by atoms with Crippen molar-refractivity contribution in [1.82, 2.24) is 25.4 Å². The average Bonchev–Trinajstić information content (AvgIpc) is 3.30. The van der Waals surface area contributed by atoms with E-state index < -0.39 is 0 Å². The lowest BCUT2D eigenvalue weighted by molar-refractivity contribution is 0.528. The van der Waals surface area contributed by atoms with E-state index in [2.05, 4.69) is 25.4 Å². The number of benzene rings is 2. The molecule has 0 aliphatic heterocycles. The molecule has 26 heavy (non-hydrogen) atoms. The molecule has 2 aromatic heterocycles. The van der Waals surface area contributed by atoms with Gasteiger partial charge in [0.2, 0.25) is 16.9 Å². The van der Waals surface area contributed by atoms with E-state index in [1.165, 1.54) is 17.8 Å². The number of aromatic amines is 1. The standard InChI is InChI=1S/C17H11ClFN5OS/c18-12-7-3-1-5-10(12)16-23-21-14(25-16)9-26-17-20-15(22-24-17)11-6-2-4-8-13(11)19/h1-8H,9H2,(H,20,22,24). The Kier molecular flexibility index (Phi) is 4.68. The van der Waals surface area contributed by atoms with E-state index in [1.807, 2.05) is 18.2 Å². The van der Waals surface area contributed by atoms with Crippen molar-refractivity contribution in [2.24, 2.45) is 0 Å². The van der Waals surface area contributed by atoms with Crippen LogP contribution in [0.2, 0.25) is 5.02 Å². The molecule has 9 heteroatoms. The van der Waals surface area contributed by atoms with Gasteiger partial charge in [0, 0.05) is 0 Å². The highest BCUT2D eigenvalue weighted by Crippen LogP contribution is 2.28. The Balaban J connectivity index is 1.46. The summed E-state index contributed by atoms with van der Waals surface area (Å²) in [6.07, 6.45) is 0. The van der Waals surface area contributed by atoms with Crippen LogP contribution in [-0.2, 0) is 5.75 Å². The molecule has 4 aromatic rings. The predicted molar refractivity (Wildman–Crippen MR) is 96.1 cm³/mol. The normalized spacial score (nSPS) is 11.0. The van der Waals surface area contributed by atoms with E-state index in [0.717, 1.165) is 0 Å². The Hall–Kier alpha value is -2.71. The molecule has 0 fully saturated rings. The lowest BCUT2D eigenvalue weighted by Gasteiger charge is -1.97. The van der Waals surface area contributed by atoms with Gasteiger partial charge >= 0.3 is 0 Å². The number of nitrogens with one attached hydrogen (secondary N) is 1. The zero-order chi connectivity index (χ0) is 17.9. The van der Waals surface area contributed by atoms with Gasteiger partial charge in [-0.15, -0.1) is 15.3 Å². The van der Waals surface area contributed by atoms with Crippen LogP contribution in [0.15, 0.2) is 58.1 Å². The van der Waals surface area contributed by atoms with Gasteiger partial charge in [-0.25, -0.2) is 9.37 Å². The molecular formula is C17H11ClFN5OS. The molecular weight excluding hydrogens is 377 g/mol. The maximum absolute atomic E-state index is 13.8. The molecule has 0 bridgehead atoms. The van der Waals surface area contributed by atoms with Gasteiger partial charge < -0.3 is 4.42 Å². The van der Waals surface area contributed by atoms with E-state index in [1.54, 1.807) is 24.3 Å². The van der Waals surface area contributed by atoms with Crippen LogP contribution in [0.4, 0.5) is 4.39 Å². The topological polar surface area (TPSA) is 80.5 Å². The highest BCUT2D eigenvalue weighted by atomic mass is 35.5. The number of nitrogens with zero attached hydrogens (tertiary/aromatic N) is 4. The van der Waals surface area contributed by atoms with Gasteiger partial charge in [-0.05, 0) is 24.3 Å². The zero-order valence-electron chi connectivity index (χ0n) is 13.2. The van der Waals surface area contributed by atoms with Gasteiger partial charge in [-0.1, -0.05) is 47.6 Å². The smallest absolute Gasteiger partial charge is 0.249 e. The SMILES string of the molecule is Fc1ccccc1-c1nc(SCc2nnc(-c3ccccc3Cl)o2)n[nH]1. The largest absolute Gasteiger partial charge is 0.420 e. The van der Waals surface area contributed by atoms with Crippen LogP contribution in [-0.4, -0.2) is 25.4 Å². The first kappa shape index (κ1) is 16.7. The molecule has 2 heterocycles. The molecule has 0 aliphatic carbocycles. The highest BCUT2D eigenvalue weighted by Gasteiger charge is 2.14. The van der Waals surface area contributed by atoms with Crippen LogP contribution < -0.4 is 0 Å². The lowest BCUT2D eigenvalue weighted by Crippen LogP contribution is -1.85. The Bertz CT molecular complexity index is 967. The summed E-state index contributed by atoms with van der Waals surface area (Å²) in [5.41, 5.74) is 1.04. The Labute approximate surface area is 156 Å². The average molecular weight is 388 g/mol. The lowest BCUT2D eigenvalue weighted by atomic mass is 10.2. The molecule has 0 amide bonds. The van der Waals surface area contributed by atoms with E-state index in [-0.39, 0.29) is 5.82 Å². The minimum atomic E-state index is -0.360. The maximum atomic E-state index is 13.8. The number of thioether (sulfide) groups is 1. The van der Waals surface area contributed by atoms with Crippen molar-refractivity contribution < 1.29 is 8.81 Å². The van der Waals surface area contributed by atoms with Gasteiger partial charge in [-0.3, -0.25) is 5.10 Å². The fourth-order valence-electron chi connectivity index (χ4n) is 2.27. The first-order valence-corrected chi connectivity index (χ1v) is 8.94. The fraction of sp³-hybridized carbons (Fsp3) is 0.0588. The molecule has 0 saturated heterocycles. The minimum absolute atomic E-state index is 0.355. The van der Waals surface area contributed by atoms with Crippen molar-refractivity contribution in [3.8, 4) is 22.8 Å². The van der Waals surface area contributed by atoms with E-state index in [0.29, 0.717) is 44.7 Å². The van der Waals surface area contributed by atoms with Crippen LogP contribution in [0.5, 0.6) is 0 Å².